The summed E-state index contributed by atoms with van der Waals surface area (Å²) in [5.41, 5.74) is 0.837. The number of hydrogen-bond donors (Lipinski definition) is 1. The number of halogens is 2. The van der Waals surface area contributed by atoms with E-state index in [1.54, 1.807) is 12.1 Å². The van der Waals surface area contributed by atoms with Gasteiger partial charge in [0.25, 0.3) is 0 Å². The van der Waals surface area contributed by atoms with Crippen LogP contribution in [0.15, 0.2) is 12.1 Å². The Labute approximate surface area is 98.3 Å². The van der Waals surface area contributed by atoms with Gasteiger partial charge in [-0.1, -0.05) is 23.2 Å². The third kappa shape index (κ3) is 3.38. The molecule has 0 saturated carbocycles. The fourth-order valence-corrected chi connectivity index (χ4v) is 1.61. The first-order chi connectivity index (χ1) is 7.19. The van der Waals surface area contributed by atoms with Gasteiger partial charge >= 0.3 is 0 Å². The first-order valence-corrected chi connectivity index (χ1v) is 5.11. The average molecular weight is 248 g/mol. The molecule has 82 valence electrons. The SMILES string of the molecule is COc1cc(Cl)c(CNCC=O)cc1Cl. The molecule has 0 atom stereocenters. The van der Waals surface area contributed by atoms with E-state index in [4.69, 9.17) is 27.9 Å². The Balaban J connectivity index is 2.80. The number of hydrogen-bond acceptors (Lipinski definition) is 3. The molecule has 0 fully saturated rings. The van der Waals surface area contributed by atoms with E-state index in [9.17, 15) is 4.79 Å². The molecule has 0 aromatic heterocycles. The lowest BCUT2D eigenvalue weighted by atomic mass is 10.2. The zero-order chi connectivity index (χ0) is 11.3. The van der Waals surface area contributed by atoms with E-state index in [-0.39, 0.29) is 0 Å². The van der Waals surface area contributed by atoms with Crippen molar-refractivity contribution in [3.05, 3.63) is 27.7 Å². The summed E-state index contributed by atoms with van der Waals surface area (Å²) in [4.78, 5) is 10.1. The predicted molar refractivity (Wildman–Crippen MR) is 60.8 cm³/mol. The summed E-state index contributed by atoms with van der Waals surface area (Å²) in [5.74, 6) is 0.542. The van der Waals surface area contributed by atoms with Crippen LogP contribution in [0.5, 0.6) is 5.75 Å². The minimum absolute atomic E-state index is 0.292. The maximum atomic E-state index is 10.1. The lowest BCUT2D eigenvalue weighted by Crippen LogP contribution is -2.15. The van der Waals surface area contributed by atoms with E-state index < -0.39 is 0 Å². The molecule has 0 aliphatic rings. The van der Waals surface area contributed by atoms with Gasteiger partial charge in [-0.3, -0.25) is 0 Å². The van der Waals surface area contributed by atoms with Crippen LogP contribution in [0.4, 0.5) is 0 Å². The summed E-state index contributed by atoms with van der Waals surface area (Å²) in [5, 5.41) is 3.97. The molecule has 1 aromatic rings. The number of carbonyl (C=O) groups is 1. The zero-order valence-electron chi connectivity index (χ0n) is 8.22. The molecule has 0 aliphatic heterocycles. The molecule has 0 spiro atoms. The number of carbonyl (C=O) groups excluding carboxylic acids is 1. The molecule has 1 aromatic carbocycles. The molecule has 0 unspecified atom stereocenters. The first kappa shape index (κ1) is 12.3. The van der Waals surface area contributed by atoms with Crippen LogP contribution in [0, 0.1) is 0 Å². The van der Waals surface area contributed by atoms with Gasteiger partial charge in [0.2, 0.25) is 0 Å². The monoisotopic (exact) mass is 247 g/mol. The van der Waals surface area contributed by atoms with Crippen LogP contribution in [0.1, 0.15) is 5.56 Å². The number of rotatable bonds is 5. The van der Waals surface area contributed by atoms with Crippen LogP contribution in [0.2, 0.25) is 10.0 Å². The number of nitrogens with one attached hydrogen (secondary N) is 1. The van der Waals surface area contributed by atoms with Crippen LogP contribution < -0.4 is 10.1 Å². The van der Waals surface area contributed by atoms with E-state index in [0.29, 0.717) is 28.9 Å². The number of benzene rings is 1. The van der Waals surface area contributed by atoms with Crippen molar-refractivity contribution >= 4 is 29.5 Å². The Hall–Kier alpha value is -0.770. The van der Waals surface area contributed by atoms with Gasteiger partial charge < -0.3 is 14.8 Å². The maximum absolute atomic E-state index is 10.1. The summed E-state index contributed by atoms with van der Waals surface area (Å²) in [6.07, 6.45) is 0.791. The molecule has 1 N–H and O–H groups in total. The molecule has 0 saturated heterocycles. The molecule has 0 bridgehead atoms. The highest BCUT2D eigenvalue weighted by Gasteiger charge is 2.06. The van der Waals surface area contributed by atoms with Crippen LogP contribution in [-0.4, -0.2) is 19.9 Å². The van der Waals surface area contributed by atoms with E-state index in [1.165, 1.54) is 7.11 Å². The normalized spacial score (nSPS) is 10.1. The van der Waals surface area contributed by atoms with Gasteiger partial charge in [0.05, 0.1) is 18.7 Å². The Kier molecular flexibility index (Phi) is 4.88. The predicted octanol–water partition coefficient (Wildman–Crippen LogP) is 2.29. The quantitative estimate of drug-likeness (QED) is 0.641. The van der Waals surface area contributed by atoms with E-state index in [1.807, 2.05) is 0 Å². The minimum atomic E-state index is 0.292. The number of ether oxygens (including phenoxy) is 1. The first-order valence-electron chi connectivity index (χ1n) is 4.35. The fraction of sp³-hybridized carbons (Fsp3) is 0.300. The van der Waals surface area contributed by atoms with Crippen LogP contribution >= 0.6 is 23.2 Å². The molecular weight excluding hydrogens is 237 g/mol. The van der Waals surface area contributed by atoms with Crippen molar-refractivity contribution in [2.24, 2.45) is 0 Å². The fourth-order valence-electron chi connectivity index (χ4n) is 1.13. The van der Waals surface area contributed by atoms with Gasteiger partial charge in [0.1, 0.15) is 12.0 Å². The molecular formula is C10H11Cl2NO2. The maximum Gasteiger partial charge on any atom is 0.138 e. The summed E-state index contributed by atoms with van der Waals surface area (Å²) in [6, 6.07) is 3.38. The standard InChI is InChI=1S/C10H11Cl2NO2/c1-15-10-5-8(11)7(4-9(10)12)6-13-2-3-14/h3-5,13H,2,6H2,1H3. The lowest BCUT2D eigenvalue weighted by Gasteiger charge is -2.08. The van der Waals surface area contributed by atoms with Crippen molar-refractivity contribution in [1.82, 2.24) is 5.32 Å². The molecule has 0 aliphatic carbocycles. The second kappa shape index (κ2) is 5.95. The van der Waals surface area contributed by atoms with Gasteiger partial charge in [-0.15, -0.1) is 0 Å². The van der Waals surface area contributed by atoms with Crippen LogP contribution in [0.25, 0.3) is 0 Å². The highest BCUT2D eigenvalue weighted by Crippen LogP contribution is 2.30. The number of methoxy groups -OCH3 is 1. The van der Waals surface area contributed by atoms with Crippen LogP contribution in [-0.2, 0) is 11.3 Å². The van der Waals surface area contributed by atoms with Crippen molar-refractivity contribution in [1.29, 1.82) is 0 Å². The zero-order valence-corrected chi connectivity index (χ0v) is 9.73. The molecule has 1 rings (SSSR count). The third-order valence-electron chi connectivity index (χ3n) is 1.86. The van der Waals surface area contributed by atoms with E-state index >= 15 is 0 Å². The van der Waals surface area contributed by atoms with Gasteiger partial charge in [-0.2, -0.15) is 0 Å². The smallest absolute Gasteiger partial charge is 0.138 e. The Morgan fingerprint density at radius 3 is 2.73 bits per heavy atom. The third-order valence-corrected chi connectivity index (χ3v) is 2.51. The second-order valence-corrected chi connectivity index (χ2v) is 3.69. The van der Waals surface area contributed by atoms with Crippen molar-refractivity contribution in [2.75, 3.05) is 13.7 Å². The molecule has 15 heavy (non-hydrogen) atoms. The largest absolute Gasteiger partial charge is 0.495 e. The topological polar surface area (TPSA) is 38.3 Å². The van der Waals surface area contributed by atoms with Gasteiger partial charge in [-0.05, 0) is 11.6 Å². The number of aldehydes is 1. The van der Waals surface area contributed by atoms with Crippen LogP contribution in [0.3, 0.4) is 0 Å². The molecule has 0 amide bonds. The van der Waals surface area contributed by atoms with Crippen molar-refractivity contribution in [3.8, 4) is 5.75 Å². The molecule has 5 heteroatoms. The molecule has 3 nitrogen and oxygen atoms in total. The molecule has 0 heterocycles. The van der Waals surface area contributed by atoms with Gasteiger partial charge in [-0.25, -0.2) is 0 Å². The lowest BCUT2D eigenvalue weighted by molar-refractivity contribution is -0.107. The van der Waals surface area contributed by atoms with Gasteiger partial charge in [0.15, 0.2) is 0 Å². The Morgan fingerprint density at radius 2 is 2.13 bits per heavy atom. The van der Waals surface area contributed by atoms with E-state index in [0.717, 1.165) is 11.8 Å². The molecule has 0 radical (unpaired) electrons. The van der Waals surface area contributed by atoms with Crippen molar-refractivity contribution in [3.63, 3.8) is 0 Å². The van der Waals surface area contributed by atoms with Crippen molar-refractivity contribution in [2.45, 2.75) is 6.54 Å². The summed E-state index contributed by atoms with van der Waals surface area (Å²) in [7, 11) is 1.53. The highest BCUT2D eigenvalue weighted by molar-refractivity contribution is 6.34. The summed E-state index contributed by atoms with van der Waals surface area (Å²) < 4.78 is 5.01. The average Bonchev–Trinajstić information content (AvgIpc) is 2.23. The van der Waals surface area contributed by atoms with Crippen molar-refractivity contribution < 1.29 is 9.53 Å². The minimum Gasteiger partial charge on any atom is -0.495 e. The Morgan fingerprint density at radius 1 is 1.40 bits per heavy atom. The summed E-state index contributed by atoms with van der Waals surface area (Å²) in [6.45, 7) is 0.793. The second-order valence-electron chi connectivity index (χ2n) is 2.88. The van der Waals surface area contributed by atoms with E-state index in [2.05, 4.69) is 5.32 Å². The highest BCUT2D eigenvalue weighted by atomic mass is 35.5. The summed E-state index contributed by atoms with van der Waals surface area (Å²) >= 11 is 11.9. The van der Waals surface area contributed by atoms with Gasteiger partial charge in [0, 0.05) is 17.6 Å². The Bertz CT molecular complexity index is 356.